The quantitative estimate of drug-likeness (QED) is 0.491. The molecule has 3 aromatic rings. The van der Waals surface area contributed by atoms with Gasteiger partial charge >= 0.3 is 0 Å². The number of ether oxygens (including phenoxy) is 1. The van der Waals surface area contributed by atoms with Crippen LogP contribution in [-0.4, -0.2) is 38.7 Å². The summed E-state index contributed by atoms with van der Waals surface area (Å²) in [5.41, 5.74) is 2.43. The Morgan fingerprint density at radius 2 is 1.74 bits per heavy atom. The minimum atomic E-state index is 0.342. The Bertz CT molecular complexity index is 905. The predicted molar refractivity (Wildman–Crippen MR) is 119 cm³/mol. The molecule has 0 N–H and O–H groups in total. The normalized spacial score (nSPS) is 12.4. The Morgan fingerprint density at radius 3 is 2.48 bits per heavy atom. The lowest BCUT2D eigenvalue weighted by Gasteiger charge is -2.34. The molecule has 0 aliphatic heterocycles. The van der Waals surface area contributed by atoms with E-state index in [4.69, 9.17) is 4.74 Å². The van der Waals surface area contributed by atoms with E-state index in [0.717, 1.165) is 23.3 Å². The maximum atomic E-state index is 5.63. The molecule has 0 amide bonds. The highest BCUT2D eigenvalue weighted by molar-refractivity contribution is 9.10. The minimum absolute atomic E-state index is 0.342. The molecule has 1 atom stereocenters. The van der Waals surface area contributed by atoms with Gasteiger partial charge in [-0.05, 0) is 50.7 Å². The fourth-order valence-electron chi connectivity index (χ4n) is 3.62. The number of fused-ring (bicyclic) bond motifs is 1. The summed E-state index contributed by atoms with van der Waals surface area (Å²) in [5.74, 6) is 0.917. The first-order chi connectivity index (χ1) is 13.0. The second-order valence-corrected chi connectivity index (χ2v) is 8.11. The zero-order chi connectivity index (χ0) is 19.4. The van der Waals surface area contributed by atoms with Crippen LogP contribution >= 0.6 is 15.9 Å². The summed E-state index contributed by atoms with van der Waals surface area (Å²) in [7, 11) is 5.98. The summed E-state index contributed by atoms with van der Waals surface area (Å²) < 4.78 is 6.69. The topological polar surface area (TPSA) is 15.7 Å². The van der Waals surface area contributed by atoms with Gasteiger partial charge in [-0.3, -0.25) is 0 Å². The number of halogens is 1. The highest BCUT2D eigenvalue weighted by Crippen LogP contribution is 2.32. The third kappa shape index (κ3) is 4.63. The molecule has 1 unspecified atom stereocenters. The van der Waals surface area contributed by atoms with Crippen molar-refractivity contribution in [2.75, 3.05) is 32.6 Å². The summed E-state index contributed by atoms with van der Waals surface area (Å²) >= 11 is 3.61. The van der Waals surface area contributed by atoms with Crippen molar-refractivity contribution in [3.8, 4) is 5.75 Å². The Kier molecular flexibility index (Phi) is 6.40. The molecule has 3 rings (SSSR count). The Balaban J connectivity index is 2.08. The number of methoxy groups -OCH3 is 1. The van der Waals surface area contributed by atoms with Gasteiger partial charge in [-0.25, -0.2) is 0 Å². The molecular weight excluding hydrogens is 400 g/mol. The molecule has 0 aliphatic rings. The largest absolute Gasteiger partial charge is 0.496 e. The van der Waals surface area contributed by atoms with Crippen LogP contribution in [0.5, 0.6) is 5.75 Å². The van der Waals surface area contributed by atoms with E-state index in [1.807, 2.05) is 12.1 Å². The van der Waals surface area contributed by atoms with Gasteiger partial charge in [0, 0.05) is 40.2 Å². The smallest absolute Gasteiger partial charge is 0.123 e. The second-order valence-electron chi connectivity index (χ2n) is 7.19. The molecule has 27 heavy (non-hydrogen) atoms. The van der Waals surface area contributed by atoms with Crippen LogP contribution in [0.15, 0.2) is 65.1 Å². The molecule has 0 radical (unpaired) electrons. The van der Waals surface area contributed by atoms with Gasteiger partial charge in [0.1, 0.15) is 5.75 Å². The van der Waals surface area contributed by atoms with Crippen LogP contribution in [0, 0.1) is 0 Å². The van der Waals surface area contributed by atoms with Gasteiger partial charge in [-0.1, -0.05) is 52.3 Å². The van der Waals surface area contributed by atoms with Crippen molar-refractivity contribution < 1.29 is 4.74 Å². The molecule has 3 aromatic carbocycles. The van der Waals surface area contributed by atoms with Crippen molar-refractivity contribution in [3.63, 3.8) is 0 Å². The van der Waals surface area contributed by atoms with Crippen LogP contribution < -0.4 is 9.64 Å². The lowest BCUT2D eigenvalue weighted by Crippen LogP contribution is -2.40. The van der Waals surface area contributed by atoms with Crippen LogP contribution in [0.3, 0.4) is 0 Å². The molecular formula is C23H27BrN2O. The van der Waals surface area contributed by atoms with E-state index < -0.39 is 0 Å². The van der Waals surface area contributed by atoms with E-state index in [9.17, 15) is 0 Å². The minimum Gasteiger partial charge on any atom is -0.496 e. The lowest BCUT2D eigenvalue weighted by molar-refractivity contribution is 0.368. The van der Waals surface area contributed by atoms with E-state index in [1.165, 1.54) is 22.0 Å². The van der Waals surface area contributed by atoms with Gasteiger partial charge in [0.05, 0.1) is 7.11 Å². The number of hydrogen-bond acceptors (Lipinski definition) is 3. The first-order valence-electron chi connectivity index (χ1n) is 9.21. The average molecular weight is 427 g/mol. The first-order valence-corrected chi connectivity index (χ1v) is 10.0. The van der Waals surface area contributed by atoms with E-state index in [2.05, 4.69) is 95.3 Å². The third-order valence-electron chi connectivity index (χ3n) is 4.82. The standard InChI is InChI=1S/C23H27BrN2O/c1-17(15-25(2)3)26(16-19-14-20(24)12-13-23(19)27-4)22-11-7-9-18-8-5-6-10-21(18)22/h5-14,17H,15-16H2,1-4H3. The van der Waals surface area contributed by atoms with Crippen LogP contribution in [0.25, 0.3) is 10.8 Å². The molecule has 142 valence electrons. The molecule has 0 aromatic heterocycles. The first kappa shape index (κ1) is 19.7. The number of hydrogen-bond donors (Lipinski definition) is 0. The number of likely N-dealkylation sites (N-methyl/N-ethyl adjacent to an activating group) is 1. The number of rotatable bonds is 7. The summed E-state index contributed by atoms with van der Waals surface area (Å²) in [6.07, 6.45) is 0. The van der Waals surface area contributed by atoms with Gasteiger partial charge in [0.15, 0.2) is 0 Å². The molecule has 0 fully saturated rings. The fraction of sp³-hybridized carbons (Fsp3) is 0.304. The number of anilines is 1. The van der Waals surface area contributed by atoms with E-state index >= 15 is 0 Å². The van der Waals surface area contributed by atoms with E-state index in [-0.39, 0.29) is 0 Å². The highest BCUT2D eigenvalue weighted by atomic mass is 79.9. The molecule has 0 aliphatic carbocycles. The van der Waals surface area contributed by atoms with Crippen LogP contribution in [0.2, 0.25) is 0 Å². The predicted octanol–water partition coefficient (Wildman–Crippen LogP) is 5.57. The molecule has 4 heteroatoms. The molecule has 0 saturated carbocycles. The van der Waals surface area contributed by atoms with Gasteiger partial charge in [0.25, 0.3) is 0 Å². The molecule has 0 bridgehead atoms. The monoisotopic (exact) mass is 426 g/mol. The van der Waals surface area contributed by atoms with Crippen LogP contribution in [0.4, 0.5) is 5.69 Å². The molecule has 0 spiro atoms. The molecule has 3 nitrogen and oxygen atoms in total. The molecule has 0 heterocycles. The van der Waals surface area contributed by atoms with E-state index in [0.29, 0.717) is 6.04 Å². The third-order valence-corrected chi connectivity index (χ3v) is 5.31. The van der Waals surface area contributed by atoms with Crippen molar-refractivity contribution in [1.29, 1.82) is 0 Å². The summed E-state index contributed by atoms with van der Waals surface area (Å²) in [6, 6.07) is 21.7. The second kappa shape index (κ2) is 8.77. The van der Waals surface area contributed by atoms with Gasteiger partial charge < -0.3 is 14.5 Å². The van der Waals surface area contributed by atoms with E-state index in [1.54, 1.807) is 7.11 Å². The average Bonchev–Trinajstić information content (AvgIpc) is 2.65. The van der Waals surface area contributed by atoms with Crippen LogP contribution in [-0.2, 0) is 6.54 Å². The van der Waals surface area contributed by atoms with Crippen molar-refractivity contribution >= 4 is 32.4 Å². The highest BCUT2D eigenvalue weighted by Gasteiger charge is 2.19. The van der Waals surface area contributed by atoms with Crippen molar-refractivity contribution in [2.24, 2.45) is 0 Å². The van der Waals surface area contributed by atoms with Gasteiger partial charge in [0.2, 0.25) is 0 Å². The Labute approximate surface area is 170 Å². The lowest BCUT2D eigenvalue weighted by atomic mass is 10.1. The van der Waals surface area contributed by atoms with Gasteiger partial charge in [-0.15, -0.1) is 0 Å². The summed E-state index contributed by atoms with van der Waals surface area (Å²) in [6.45, 7) is 4.04. The fourth-order valence-corrected chi connectivity index (χ4v) is 4.03. The van der Waals surface area contributed by atoms with Crippen LogP contribution in [0.1, 0.15) is 12.5 Å². The molecule has 0 saturated heterocycles. The number of benzene rings is 3. The Morgan fingerprint density at radius 1 is 1.00 bits per heavy atom. The SMILES string of the molecule is COc1ccc(Br)cc1CN(c1cccc2ccccc12)C(C)CN(C)C. The summed E-state index contributed by atoms with van der Waals surface area (Å²) in [4.78, 5) is 4.72. The van der Waals surface area contributed by atoms with Gasteiger partial charge in [-0.2, -0.15) is 0 Å². The Hall–Kier alpha value is -2.04. The van der Waals surface area contributed by atoms with Crippen molar-refractivity contribution in [3.05, 3.63) is 70.7 Å². The zero-order valence-electron chi connectivity index (χ0n) is 16.4. The maximum absolute atomic E-state index is 5.63. The van der Waals surface area contributed by atoms with Crippen molar-refractivity contribution in [2.45, 2.75) is 19.5 Å². The maximum Gasteiger partial charge on any atom is 0.123 e. The van der Waals surface area contributed by atoms with Crippen molar-refractivity contribution in [1.82, 2.24) is 4.90 Å². The zero-order valence-corrected chi connectivity index (χ0v) is 18.0. The summed E-state index contributed by atoms with van der Waals surface area (Å²) in [5, 5.41) is 2.54. The number of nitrogens with zero attached hydrogens (tertiary/aromatic N) is 2.